The van der Waals surface area contributed by atoms with Crippen molar-refractivity contribution in [2.24, 2.45) is 0 Å². The van der Waals surface area contributed by atoms with Crippen LogP contribution in [0.2, 0.25) is 0 Å². The molecule has 0 spiro atoms. The maximum absolute atomic E-state index is 10.8. The minimum absolute atomic E-state index is 0.567. The quantitative estimate of drug-likeness (QED) is 0.411. The van der Waals surface area contributed by atoms with Crippen LogP contribution in [0.15, 0.2) is 0 Å². The first-order chi connectivity index (χ1) is 7.12. The van der Waals surface area contributed by atoms with Gasteiger partial charge >= 0.3 is 19.9 Å². The summed E-state index contributed by atoms with van der Waals surface area (Å²) in [4.78, 5) is 37.7. The Morgan fingerprint density at radius 2 is 1.62 bits per heavy atom. The van der Waals surface area contributed by atoms with Crippen molar-refractivity contribution < 1.29 is 43.6 Å². The standard InChI is InChI=1S/C6H11O9P/c1-3(14-5(7)8)2-4(15-6(9)10)16(11,12)13/h3-4H,2H2,1H3,(H,7,8)(H,9,10)(H2,11,12,13). The van der Waals surface area contributed by atoms with Gasteiger partial charge in [-0.3, -0.25) is 4.57 Å². The van der Waals surface area contributed by atoms with Crippen LogP contribution in [-0.2, 0) is 14.0 Å². The van der Waals surface area contributed by atoms with Crippen molar-refractivity contribution >= 4 is 19.9 Å². The van der Waals surface area contributed by atoms with Crippen LogP contribution in [0.5, 0.6) is 0 Å². The van der Waals surface area contributed by atoms with Crippen molar-refractivity contribution in [1.29, 1.82) is 0 Å². The topological polar surface area (TPSA) is 151 Å². The highest BCUT2D eigenvalue weighted by Crippen LogP contribution is 2.44. The fourth-order valence-corrected chi connectivity index (χ4v) is 1.67. The SMILES string of the molecule is CC(CC(OC(=O)O)P(=O)(O)O)OC(=O)O. The number of carbonyl (C=O) groups is 2. The molecule has 0 aromatic rings. The zero-order valence-electron chi connectivity index (χ0n) is 8.14. The lowest BCUT2D eigenvalue weighted by Crippen LogP contribution is -2.24. The van der Waals surface area contributed by atoms with Crippen molar-refractivity contribution in [3.63, 3.8) is 0 Å². The summed E-state index contributed by atoms with van der Waals surface area (Å²) < 4.78 is 18.9. The maximum atomic E-state index is 10.8. The third kappa shape index (κ3) is 6.23. The third-order valence-electron chi connectivity index (χ3n) is 1.45. The highest BCUT2D eigenvalue weighted by molar-refractivity contribution is 7.52. The Morgan fingerprint density at radius 3 is 1.94 bits per heavy atom. The van der Waals surface area contributed by atoms with Gasteiger partial charge in [-0.25, -0.2) is 9.59 Å². The van der Waals surface area contributed by atoms with Crippen LogP contribution in [0.3, 0.4) is 0 Å². The van der Waals surface area contributed by atoms with E-state index in [-0.39, 0.29) is 0 Å². The molecule has 0 radical (unpaired) electrons. The zero-order chi connectivity index (χ0) is 12.9. The maximum Gasteiger partial charge on any atom is 0.506 e. The van der Waals surface area contributed by atoms with Crippen LogP contribution >= 0.6 is 7.60 Å². The van der Waals surface area contributed by atoms with Crippen LogP contribution in [0.4, 0.5) is 9.59 Å². The molecule has 0 aromatic heterocycles. The van der Waals surface area contributed by atoms with E-state index in [1.54, 1.807) is 0 Å². The van der Waals surface area contributed by atoms with Gasteiger partial charge in [-0.05, 0) is 6.92 Å². The molecular weight excluding hydrogens is 247 g/mol. The van der Waals surface area contributed by atoms with E-state index < -0.39 is 38.3 Å². The highest BCUT2D eigenvalue weighted by atomic mass is 31.2. The molecule has 10 heteroatoms. The number of ether oxygens (including phenoxy) is 2. The molecule has 0 heterocycles. The molecule has 0 aromatic carbocycles. The van der Waals surface area contributed by atoms with E-state index >= 15 is 0 Å². The fraction of sp³-hybridized carbons (Fsp3) is 0.667. The van der Waals surface area contributed by atoms with E-state index in [1.165, 1.54) is 6.92 Å². The monoisotopic (exact) mass is 258 g/mol. The fourth-order valence-electron chi connectivity index (χ4n) is 0.875. The van der Waals surface area contributed by atoms with E-state index in [4.69, 9.17) is 20.0 Å². The van der Waals surface area contributed by atoms with Gasteiger partial charge in [0, 0.05) is 6.42 Å². The van der Waals surface area contributed by atoms with Gasteiger partial charge in [-0.1, -0.05) is 0 Å². The average Bonchev–Trinajstić information content (AvgIpc) is 1.98. The first kappa shape index (κ1) is 14.7. The Bertz CT molecular complexity index is 307. The predicted octanol–water partition coefficient (Wildman–Crippen LogP) is 0.658. The second kappa shape index (κ2) is 5.69. The number of hydrogen-bond acceptors (Lipinski definition) is 5. The minimum atomic E-state index is -4.80. The summed E-state index contributed by atoms with van der Waals surface area (Å²) in [6, 6.07) is 0. The molecule has 4 N–H and O–H groups in total. The summed E-state index contributed by atoms with van der Waals surface area (Å²) in [5.41, 5.74) is 0. The largest absolute Gasteiger partial charge is 0.506 e. The molecule has 0 aliphatic carbocycles. The Kier molecular flexibility index (Phi) is 5.22. The summed E-state index contributed by atoms with van der Waals surface area (Å²) in [6.45, 7) is 1.21. The van der Waals surface area contributed by atoms with Crippen molar-refractivity contribution in [3.05, 3.63) is 0 Å². The van der Waals surface area contributed by atoms with Crippen LogP contribution in [0.1, 0.15) is 13.3 Å². The Balaban J connectivity index is 4.49. The average molecular weight is 258 g/mol. The molecule has 0 amide bonds. The predicted molar refractivity (Wildman–Crippen MR) is 48.1 cm³/mol. The molecule has 0 aliphatic rings. The van der Waals surface area contributed by atoms with Gasteiger partial charge in [0.05, 0.1) is 0 Å². The summed E-state index contributed by atoms with van der Waals surface area (Å²) in [7, 11) is -4.80. The van der Waals surface area contributed by atoms with Gasteiger partial charge in [0.15, 0.2) is 0 Å². The molecule has 0 fully saturated rings. The summed E-state index contributed by atoms with van der Waals surface area (Å²) in [6.07, 6.45) is -5.17. The van der Waals surface area contributed by atoms with Crippen molar-refractivity contribution in [3.8, 4) is 0 Å². The second-order valence-corrected chi connectivity index (χ2v) is 4.61. The lowest BCUT2D eigenvalue weighted by atomic mass is 10.3. The Labute approximate surface area is 89.8 Å². The summed E-state index contributed by atoms with van der Waals surface area (Å²) >= 11 is 0. The smallest absolute Gasteiger partial charge is 0.450 e. The number of carboxylic acid groups (broad SMARTS) is 2. The highest BCUT2D eigenvalue weighted by Gasteiger charge is 2.35. The third-order valence-corrected chi connectivity index (χ3v) is 2.51. The van der Waals surface area contributed by atoms with Crippen molar-refractivity contribution in [2.75, 3.05) is 0 Å². The van der Waals surface area contributed by atoms with Crippen LogP contribution in [-0.4, -0.2) is 44.3 Å². The lowest BCUT2D eigenvalue weighted by molar-refractivity contribution is 0.0243. The van der Waals surface area contributed by atoms with Gasteiger partial charge in [-0.2, -0.15) is 0 Å². The first-order valence-corrected chi connectivity index (χ1v) is 5.65. The summed E-state index contributed by atoms with van der Waals surface area (Å²) in [5.74, 6) is -1.95. The second-order valence-electron chi connectivity index (χ2n) is 2.86. The Morgan fingerprint density at radius 1 is 1.19 bits per heavy atom. The van der Waals surface area contributed by atoms with Crippen LogP contribution in [0.25, 0.3) is 0 Å². The normalized spacial score (nSPS) is 14.9. The van der Waals surface area contributed by atoms with E-state index in [2.05, 4.69) is 9.47 Å². The molecule has 94 valence electrons. The van der Waals surface area contributed by atoms with E-state index in [0.717, 1.165) is 0 Å². The molecule has 0 bridgehead atoms. The lowest BCUT2D eigenvalue weighted by Gasteiger charge is -2.19. The molecule has 9 nitrogen and oxygen atoms in total. The molecule has 0 rings (SSSR count). The van der Waals surface area contributed by atoms with Gasteiger partial charge in [0.2, 0.25) is 5.85 Å². The first-order valence-electron chi connectivity index (χ1n) is 3.97. The molecule has 2 atom stereocenters. The molecule has 0 saturated carbocycles. The van der Waals surface area contributed by atoms with E-state index in [1.807, 2.05) is 0 Å². The number of rotatable bonds is 5. The van der Waals surface area contributed by atoms with E-state index in [9.17, 15) is 14.2 Å². The Hall–Kier alpha value is -1.31. The minimum Gasteiger partial charge on any atom is -0.450 e. The molecule has 0 saturated heterocycles. The molecule has 2 unspecified atom stereocenters. The molecule has 0 aliphatic heterocycles. The van der Waals surface area contributed by atoms with Gasteiger partial charge in [0.1, 0.15) is 6.10 Å². The van der Waals surface area contributed by atoms with E-state index in [0.29, 0.717) is 0 Å². The van der Waals surface area contributed by atoms with Crippen molar-refractivity contribution in [2.45, 2.75) is 25.3 Å². The summed E-state index contributed by atoms with van der Waals surface area (Å²) in [5, 5.41) is 16.4. The van der Waals surface area contributed by atoms with Crippen LogP contribution in [0, 0.1) is 0 Å². The number of hydrogen-bond donors (Lipinski definition) is 4. The van der Waals surface area contributed by atoms with Crippen molar-refractivity contribution in [1.82, 2.24) is 0 Å². The van der Waals surface area contributed by atoms with Gasteiger partial charge in [-0.15, -0.1) is 0 Å². The van der Waals surface area contributed by atoms with Gasteiger partial charge in [0.25, 0.3) is 0 Å². The molecular formula is C6H11O9P. The zero-order valence-corrected chi connectivity index (χ0v) is 9.03. The van der Waals surface area contributed by atoms with Gasteiger partial charge < -0.3 is 29.5 Å². The molecule has 16 heavy (non-hydrogen) atoms. The van der Waals surface area contributed by atoms with Crippen LogP contribution < -0.4 is 0 Å².